The Hall–Kier alpha value is 1.04. The first-order valence-electron chi connectivity index (χ1n) is 2.70. The van der Waals surface area contributed by atoms with Crippen LogP contribution in [0.1, 0.15) is 6.92 Å². The van der Waals surface area contributed by atoms with Gasteiger partial charge in [-0.25, -0.2) is 0 Å². The first-order valence-corrected chi connectivity index (χ1v) is 7.03. The van der Waals surface area contributed by atoms with Crippen molar-refractivity contribution in [3.8, 4) is 0 Å². The zero-order chi connectivity index (χ0) is 7.11. The summed E-state index contributed by atoms with van der Waals surface area (Å²) in [6.45, 7) is 2.49. The summed E-state index contributed by atoms with van der Waals surface area (Å²) < 4.78 is 1.84. The van der Waals surface area contributed by atoms with Crippen LogP contribution in [0.25, 0.3) is 0 Å². The predicted octanol–water partition coefficient (Wildman–Crippen LogP) is -2.64. The van der Waals surface area contributed by atoms with Crippen molar-refractivity contribution in [3.63, 3.8) is 0 Å². The zero-order valence-electron chi connectivity index (χ0n) is 5.43. The topological polar surface area (TPSA) is 52.3 Å². The van der Waals surface area contributed by atoms with Crippen LogP contribution in [0.4, 0.5) is 0 Å². The average molecular weight is 262 g/mol. The maximum absolute atomic E-state index is 10.6. The normalized spacial score (nSPS) is 12.4. The monoisotopic (exact) mass is 262 g/mol. The molecule has 3 nitrogen and oxygen atoms in total. The molecular weight excluding hydrogens is 250 g/mol. The molecule has 0 aromatic heterocycles. The number of rotatable bonds is 5. The summed E-state index contributed by atoms with van der Waals surface area (Å²) >= 11 is 0.0789. The van der Waals surface area contributed by atoms with Crippen LogP contribution in [0.3, 0.4) is 0 Å². The minimum atomic E-state index is 0.0789. The van der Waals surface area contributed by atoms with E-state index in [2.05, 4.69) is 0 Å². The Morgan fingerprint density at radius 3 is 2.89 bits per heavy atom. The van der Waals surface area contributed by atoms with E-state index >= 15 is 0 Å². The molecule has 58 valence electrons. The number of halogens is 1. The third-order valence-electron chi connectivity index (χ3n) is 0.742. The van der Waals surface area contributed by atoms with Gasteiger partial charge in [-0.2, -0.15) is 0 Å². The van der Waals surface area contributed by atoms with Gasteiger partial charge in [-0.05, 0) is 0 Å². The predicted molar refractivity (Wildman–Crippen MR) is 38.0 cm³/mol. The van der Waals surface area contributed by atoms with Gasteiger partial charge in [-0.15, -0.1) is 0 Å². The molecule has 0 saturated heterocycles. The molecule has 0 bridgehead atoms. The SMILES string of the molecule is CCN([O-])C[I-]CPN. The van der Waals surface area contributed by atoms with Gasteiger partial charge in [0.2, 0.25) is 0 Å². The summed E-state index contributed by atoms with van der Waals surface area (Å²) in [6.07, 6.45) is 0. The standard InChI is InChI=1S/C4H12IN2OP/c1-2-7(8)3-5-4-9-6/h9H,2-4,6H2,1H3/q-2. The van der Waals surface area contributed by atoms with Gasteiger partial charge in [0, 0.05) is 0 Å². The molecule has 0 spiro atoms. The molecule has 2 N–H and O–H groups in total. The van der Waals surface area contributed by atoms with Crippen LogP contribution in [0.5, 0.6) is 0 Å². The summed E-state index contributed by atoms with van der Waals surface area (Å²) in [7, 11) is 0.542. The van der Waals surface area contributed by atoms with E-state index in [0.29, 0.717) is 15.3 Å². The maximum atomic E-state index is 10.6. The van der Waals surface area contributed by atoms with Gasteiger partial charge in [0.25, 0.3) is 0 Å². The van der Waals surface area contributed by atoms with Crippen LogP contribution < -0.4 is 26.7 Å². The van der Waals surface area contributed by atoms with Gasteiger partial charge in [0.1, 0.15) is 0 Å². The average Bonchev–Trinajstić information content (AvgIpc) is 1.89. The van der Waals surface area contributed by atoms with E-state index in [9.17, 15) is 5.21 Å². The van der Waals surface area contributed by atoms with Crippen LogP contribution >= 0.6 is 8.73 Å². The van der Waals surface area contributed by atoms with Gasteiger partial charge in [-0.3, -0.25) is 0 Å². The number of hydrogen-bond donors (Lipinski definition) is 1. The molecule has 0 aliphatic heterocycles. The number of hydrogen-bond acceptors (Lipinski definition) is 3. The molecule has 0 aliphatic rings. The molecule has 0 radical (unpaired) electrons. The molecule has 5 heteroatoms. The Labute approximate surface area is 68.0 Å². The first kappa shape index (κ1) is 10.0. The molecule has 0 aromatic rings. The van der Waals surface area contributed by atoms with E-state index in [0.717, 1.165) is 13.8 Å². The minimum absolute atomic E-state index is 0.0789. The second-order valence-corrected chi connectivity index (χ2v) is 6.17. The Balaban J connectivity index is 2.88. The van der Waals surface area contributed by atoms with Crippen molar-refractivity contribution in [2.24, 2.45) is 5.50 Å². The van der Waals surface area contributed by atoms with Crippen molar-refractivity contribution in [1.82, 2.24) is 5.06 Å². The Morgan fingerprint density at radius 1 is 1.78 bits per heavy atom. The molecule has 1 atom stereocenters. The van der Waals surface area contributed by atoms with E-state index in [1.807, 2.05) is 6.92 Å². The summed E-state index contributed by atoms with van der Waals surface area (Å²) in [6, 6.07) is 0. The van der Waals surface area contributed by atoms with Gasteiger partial charge in [0.15, 0.2) is 0 Å². The molecule has 0 rings (SSSR count). The fourth-order valence-corrected chi connectivity index (χ4v) is 3.15. The molecule has 9 heavy (non-hydrogen) atoms. The van der Waals surface area contributed by atoms with Crippen molar-refractivity contribution >= 4 is 8.73 Å². The molecule has 1 unspecified atom stereocenters. The quantitative estimate of drug-likeness (QED) is 0.147. The zero-order valence-corrected chi connectivity index (χ0v) is 8.59. The van der Waals surface area contributed by atoms with Gasteiger partial charge < -0.3 is 0 Å². The Morgan fingerprint density at radius 2 is 2.44 bits per heavy atom. The van der Waals surface area contributed by atoms with Crippen molar-refractivity contribution in [2.45, 2.75) is 6.92 Å². The molecule has 0 aliphatic carbocycles. The molecular formula is C4H12IN2OP-2. The summed E-state index contributed by atoms with van der Waals surface area (Å²) in [5, 5.41) is 11.7. The fraction of sp³-hybridized carbons (Fsp3) is 1.00. The third kappa shape index (κ3) is 6.93. The van der Waals surface area contributed by atoms with E-state index in [1.54, 1.807) is 0 Å². The van der Waals surface area contributed by atoms with E-state index in [1.165, 1.54) is 0 Å². The molecule has 0 saturated carbocycles. The van der Waals surface area contributed by atoms with Crippen molar-refractivity contribution in [3.05, 3.63) is 5.21 Å². The van der Waals surface area contributed by atoms with E-state index in [-0.39, 0.29) is 21.2 Å². The molecule has 0 heterocycles. The van der Waals surface area contributed by atoms with E-state index in [4.69, 9.17) is 5.50 Å². The van der Waals surface area contributed by atoms with Crippen LogP contribution in [0.2, 0.25) is 0 Å². The van der Waals surface area contributed by atoms with Crippen LogP contribution in [0, 0.1) is 5.21 Å². The van der Waals surface area contributed by atoms with Crippen molar-refractivity contribution in [2.75, 3.05) is 15.3 Å². The summed E-state index contributed by atoms with van der Waals surface area (Å²) in [5.41, 5.74) is 5.29. The summed E-state index contributed by atoms with van der Waals surface area (Å²) in [4.78, 5) is 0. The molecule has 0 aromatic carbocycles. The van der Waals surface area contributed by atoms with Gasteiger partial charge in [-0.1, -0.05) is 0 Å². The fourth-order valence-electron chi connectivity index (χ4n) is 0.276. The second kappa shape index (κ2) is 7.15. The van der Waals surface area contributed by atoms with Gasteiger partial charge in [0.05, 0.1) is 0 Å². The first-order chi connectivity index (χ1) is 4.31. The van der Waals surface area contributed by atoms with Crippen molar-refractivity contribution < 1.29 is 21.2 Å². The molecule has 0 fully saturated rings. The van der Waals surface area contributed by atoms with Crippen molar-refractivity contribution in [1.29, 1.82) is 0 Å². The Bertz CT molecular complexity index is 66.5. The number of nitrogens with zero attached hydrogens (tertiary/aromatic N) is 1. The van der Waals surface area contributed by atoms with Gasteiger partial charge >= 0.3 is 67.9 Å². The molecule has 0 amide bonds. The number of alkyl halides is 2. The second-order valence-electron chi connectivity index (χ2n) is 1.44. The van der Waals surface area contributed by atoms with Crippen LogP contribution in [0.15, 0.2) is 0 Å². The number of nitrogens with two attached hydrogens (primary N) is 1. The van der Waals surface area contributed by atoms with Crippen LogP contribution in [-0.4, -0.2) is 20.3 Å². The van der Waals surface area contributed by atoms with E-state index < -0.39 is 0 Å². The third-order valence-corrected chi connectivity index (χ3v) is 5.27. The number of hydroxylamine groups is 2. The Kier molecular flexibility index (Phi) is 7.98. The van der Waals surface area contributed by atoms with Crippen LogP contribution in [-0.2, 0) is 0 Å². The summed E-state index contributed by atoms with van der Waals surface area (Å²) in [5.74, 6) is 0.